The lowest BCUT2D eigenvalue weighted by Gasteiger charge is -2.16. The molecular weight excluding hydrogens is 454 g/mol. The molecule has 0 radical (unpaired) electrons. The van der Waals surface area contributed by atoms with E-state index in [1.807, 2.05) is 0 Å². The first-order chi connectivity index (χ1) is 12.2. The quantitative estimate of drug-likeness (QED) is 0.310. The van der Waals surface area contributed by atoms with Crippen molar-refractivity contribution in [1.29, 1.82) is 0 Å². The predicted octanol–water partition coefficient (Wildman–Crippen LogP) is 6.01. The molecule has 0 saturated carbocycles. The molecule has 1 fully saturated rings. The Morgan fingerprint density at radius 1 is 1.15 bits per heavy atom. The van der Waals surface area contributed by atoms with Crippen LogP contribution in [0.2, 0.25) is 0 Å². The molecule has 3 rings (SSSR count). The summed E-state index contributed by atoms with van der Waals surface area (Å²) in [6.45, 7) is 0. The van der Waals surface area contributed by atoms with Crippen molar-refractivity contribution in [3.63, 3.8) is 0 Å². The molecule has 0 atom stereocenters. The average molecular weight is 462 g/mol. The minimum atomic E-state index is -4.54. The number of amides is 1. The molecule has 2 nitrogen and oxygen atoms in total. The second-order valence-electron chi connectivity index (χ2n) is 5.23. The molecule has 0 unspecified atom stereocenters. The molecule has 134 valence electrons. The van der Waals surface area contributed by atoms with Crippen molar-refractivity contribution in [2.24, 2.45) is 0 Å². The normalized spacial score (nSPS) is 16.7. The highest BCUT2D eigenvalue weighted by atomic mass is 79.9. The average Bonchev–Trinajstić information content (AvgIpc) is 2.84. The Labute approximate surface area is 164 Å². The van der Waals surface area contributed by atoms with Crippen LogP contribution in [-0.4, -0.2) is 10.2 Å². The summed E-state index contributed by atoms with van der Waals surface area (Å²) >= 11 is 9.25. The van der Waals surface area contributed by atoms with Crippen LogP contribution in [0.15, 0.2) is 51.8 Å². The molecule has 2 aromatic carbocycles. The number of carbonyl (C=O) groups is 1. The summed E-state index contributed by atoms with van der Waals surface area (Å²) in [5.74, 6) is -1.13. The smallest absolute Gasteiger partial charge is 0.268 e. The lowest BCUT2D eigenvalue weighted by atomic mass is 10.1. The van der Waals surface area contributed by atoms with E-state index in [-0.39, 0.29) is 20.5 Å². The van der Waals surface area contributed by atoms with Gasteiger partial charge in [-0.15, -0.1) is 0 Å². The van der Waals surface area contributed by atoms with E-state index in [1.165, 1.54) is 36.4 Å². The molecular formula is C17H8BrF4NOS2. The van der Waals surface area contributed by atoms with Crippen LogP contribution in [0, 0.1) is 5.82 Å². The van der Waals surface area contributed by atoms with Gasteiger partial charge < -0.3 is 0 Å². The van der Waals surface area contributed by atoms with Gasteiger partial charge in [0.15, 0.2) is 4.32 Å². The highest BCUT2D eigenvalue weighted by Crippen LogP contribution is 2.38. The van der Waals surface area contributed by atoms with Crippen LogP contribution in [0.1, 0.15) is 11.1 Å². The van der Waals surface area contributed by atoms with E-state index >= 15 is 0 Å². The van der Waals surface area contributed by atoms with Crippen molar-refractivity contribution in [1.82, 2.24) is 0 Å². The summed E-state index contributed by atoms with van der Waals surface area (Å²) in [6.07, 6.45) is -3.21. The van der Waals surface area contributed by atoms with E-state index in [2.05, 4.69) is 15.9 Å². The van der Waals surface area contributed by atoms with E-state index in [0.29, 0.717) is 4.47 Å². The standard InChI is InChI=1S/C17H8BrF4NOS2/c18-11-4-5-13(19)9(6-11)7-14-15(24)23(16(25)26-14)12-3-1-2-10(8-12)17(20,21)22/h1-8H. The fraction of sp³-hybridized carbons (Fsp3) is 0.0588. The largest absolute Gasteiger partial charge is 0.416 e. The maximum absolute atomic E-state index is 13.9. The summed E-state index contributed by atoms with van der Waals surface area (Å²) in [5, 5.41) is 0. The number of carbonyl (C=O) groups excluding carboxylic acids is 1. The van der Waals surface area contributed by atoms with Crippen LogP contribution in [0.3, 0.4) is 0 Å². The van der Waals surface area contributed by atoms with E-state index in [9.17, 15) is 22.4 Å². The maximum atomic E-state index is 13.9. The third-order valence-electron chi connectivity index (χ3n) is 3.47. The van der Waals surface area contributed by atoms with E-state index in [0.717, 1.165) is 28.8 Å². The molecule has 0 bridgehead atoms. The first kappa shape index (κ1) is 19.1. The van der Waals surface area contributed by atoms with Crippen LogP contribution in [0.5, 0.6) is 0 Å². The number of benzene rings is 2. The lowest BCUT2D eigenvalue weighted by Crippen LogP contribution is -2.27. The molecule has 0 aliphatic carbocycles. The van der Waals surface area contributed by atoms with Crippen LogP contribution in [-0.2, 0) is 11.0 Å². The summed E-state index contributed by atoms with van der Waals surface area (Å²) in [6, 6.07) is 8.58. The van der Waals surface area contributed by atoms with E-state index < -0.39 is 23.5 Å². The molecule has 1 heterocycles. The van der Waals surface area contributed by atoms with Gasteiger partial charge in [-0.25, -0.2) is 4.39 Å². The molecule has 9 heteroatoms. The summed E-state index contributed by atoms with van der Waals surface area (Å²) in [4.78, 5) is 13.8. The Bertz CT molecular complexity index is 943. The zero-order chi connectivity index (χ0) is 19.1. The summed E-state index contributed by atoms with van der Waals surface area (Å²) in [7, 11) is 0. The third kappa shape index (κ3) is 3.84. The fourth-order valence-corrected chi connectivity index (χ4v) is 3.95. The van der Waals surface area contributed by atoms with E-state index in [1.54, 1.807) is 0 Å². The van der Waals surface area contributed by atoms with Gasteiger partial charge in [-0.05, 0) is 42.5 Å². The Balaban J connectivity index is 1.97. The number of halogens is 5. The number of anilines is 1. The Hall–Kier alpha value is -1.71. The van der Waals surface area contributed by atoms with Crippen molar-refractivity contribution in [2.45, 2.75) is 6.18 Å². The van der Waals surface area contributed by atoms with Gasteiger partial charge in [0, 0.05) is 10.0 Å². The van der Waals surface area contributed by atoms with Crippen LogP contribution in [0.4, 0.5) is 23.2 Å². The number of rotatable bonds is 2. The molecule has 1 saturated heterocycles. The van der Waals surface area contributed by atoms with Crippen molar-refractivity contribution < 1.29 is 22.4 Å². The van der Waals surface area contributed by atoms with Gasteiger partial charge in [-0.3, -0.25) is 9.69 Å². The first-order valence-electron chi connectivity index (χ1n) is 7.07. The topological polar surface area (TPSA) is 20.3 Å². The van der Waals surface area contributed by atoms with Crippen molar-refractivity contribution >= 4 is 61.9 Å². The van der Waals surface area contributed by atoms with Gasteiger partial charge in [-0.1, -0.05) is 46.0 Å². The highest BCUT2D eigenvalue weighted by Gasteiger charge is 2.36. The SMILES string of the molecule is O=C1C(=Cc2cc(Br)ccc2F)SC(=S)N1c1cccc(C(F)(F)F)c1. The Morgan fingerprint density at radius 2 is 1.88 bits per heavy atom. The Morgan fingerprint density at radius 3 is 2.58 bits per heavy atom. The molecule has 0 aromatic heterocycles. The number of hydrogen-bond donors (Lipinski definition) is 0. The van der Waals surface area contributed by atoms with Gasteiger partial charge in [0.25, 0.3) is 5.91 Å². The summed E-state index contributed by atoms with van der Waals surface area (Å²) < 4.78 is 53.3. The summed E-state index contributed by atoms with van der Waals surface area (Å²) in [5.41, 5.74) is -0.699. The van der Waals surface area contributed by atoms with E-state index in [4.69, 9.17) is 12.2 Å². The second-order valence-corrected chi connectivity index (χ2v) is 7.82. The molecule has 26 heavy (non-hydrogen) atoms. The van der Waals surface area contributed by atoms with Crippen molar-refractivity contribution in [3.8, 4) is 0 Å². The van der Waals surface area contributed by atoms with Crippen LogP contribution in [0.25, 0.3) is 6.08 Å². The minimum Gasteiger partial charge on any atom is -0.268 e. The number of thiocarbonyl (C=S) groups is 1. The second kappa shape index (κ2) is 7.13. The predicted molar refractivity (Wildman–Crippen MR) is 101 cm³/mol. The molecule has 1 aliphatic heterocycles. The first-order valence-corrected chi connectivity index (χ1v) is 9.09. The molecule has 0 N–H and O–H groups in total. The monoisotopic (exact) mass is 461 g/mol. The molecule has 0 spiro atoms. The fourth-order valence-electron chi connectivity index (χ4n) is 2.28. The molecule has 1 amide bonds. The lowest BCUT2D eigenvalue weighted by molar-refractivity contribution is -0.137. The zero-order valence-corrected chi connectivity index (χ0v) is 15.9. The molecule has 2 aromatic rings. The highest BCUT2D eigenvalue weighted by molar-refractivity contribution is 9.10. The number of alkyl halides is 3. The van der Waals surface area contributed by atoms with Gasteiger partial charge in [0.05, 0.1) is 16.2 Å². The van der Waals surface area contributed by atoms with Gasteiger partial charge in [-0.2, -0.15) is 13.2 Å². The zero-order valence-electron chi connectivity index (χ0n) is 12.7. The van der Waals surface area contributed by atoms with Gasteiger partial charge in [0.2, 0.25) is 0 Å². The number of hydrogen-bond acceptors (Lipinski definition) is 3. The molecule has 1 aliphatic rings. The Kier molecular flexibility index (Phi) is 5.23. The van der Waals surface area contributed by atoms with Crippen LogP contribution >= 0.6 is 39.9 Å². The van der Waals surface area contributed by atoms with Gasteiger partial charge >= 0.3 is 6.18 Å². The van der Waals surface area contributed by atoms with Crippen molar-refractivity contribution in [3.05, 3.63) is 68.8 Å². The number of nitrogens with zero attached hydrogens (tertiary/aromatic N) is 1. The third-order valence-corrected chi connectivity index (χ3v) is 5.27. The maximum Gasteiger partial charge on any atom is 0.416 e. The number of thioether (sulfide) groups is 1. The minimum absolute atomic E-state index is 0.0143. The van der Waals surface area contributed by atoms with Gasteiger partial charge in [0.1, 0.15) is 5.82 Å². The van der Waals surface area contributed by atoms with Crippen LogP contribution < -0.4 is 4.90 Å². The van der Waals surface area contributed by atoms with Crippen molar-refractivity contribution in [2.75, 3.05) is 4.90 Å².